The van der Waals surface area contributed by atoms with Crippen LogP contribution in [0.5, 0.6) is 0 Å². The van der Waals surface area contributed by atoms with Gasteiger partial charge in [0.15, 0.2) is 0 Å². The molecule has 0 saturated carbocycles. The van der Waals surface area contributed by atoms with Crippen LogP contribution in [0.4, 0.5) is 0 Å². The number of H-pyrrole nitrogens is 1. The molecule has 0 aliphatic rings. The van der Waals surface area contributed by atoms with E-state index in [2.05, 4.69) is 20.8 Å². The zero-order valence-corrected chi connectivity index (χ0v) is 12.7. The van der Waals surface area contributed by atoms with Crippen LogP contribution in [0.2, 0.25) is 5.15 Å². The van der Waals surface area contributed by atoms with Crippen molar-refractivity contribution in [2.45, 2.75) is 6.42 Å². The van der Waals surface area contributed by atoms with Crippen molar-refractivity contribution in [2.75, 3.05) is 0 Å². The normalized spacial score (nSPS) is 10.5. The number of aromatic nitrogens is 2. The van der Waals surface area contributed by atoms with E-state index in [1.165, 1.54) is 18.3 Å². The Morgan fingerprint density at radius 2 is 2.00 bits per heavy atom. The van der Waals surface area contributed by atoms with Crippen molar-refractivity contribution in [1.29, 1.82) is 0 Å². The number of nitrogens with one attached hydrogen (secondary N) is 3. The number of fused-ring (bicyclic) bond motifs is 1. The first-order valence-electron chi connectivity index (χ1n) is 6.89. The molecule has 0 unspecified atom stereocenters. The van der Waals surface area contributed by atoms with E-state index < -0.39 is 5.91 Å². The highest BCUT2D eigenvalue weighted by Gasteiger charge is 2.11. The minimum absolute atomic E-state index is 0.154. The molecule has 3 N–H and O–H groups in total. The van der Waals surface area contributed by atoms with Crippen molar-refractivity contribution in [3.8, 4) is 0 Å². The molecule has 0 saturated heterocycles. The SMILES string of the molecule is O=C(Cc1c[nH]c2ccccc12)NNC(=O)c1ccnc(Cl)c1. The predicted octanol–water partition coefficient (Wildman–Crippen LogP) is 2.22. The molecule has 2 heterocycles. The number of benzene rings is 1. The van der Waals surface area contributed by atoms with Crippen molar-refractivity contribution in [3.63, 3.8) is 0 Å². The van der Waals surface area contributed by atoms with Crippen molar-refractivity contribution in [1.82, 2.24) is 20.8 Å². The van der Waals surface area contributed by atoms with Gasteiger partial charge in [-0.3, -0.25) is 20.4 Å². The summed E-state index contributed by atoms with van der Waals surface area (Å²) in [6.07, 6.45) is 3.36. The highest BCUT2D eigenvalue weighted by molar-refractivity contribution is 6.29. The Balaban J connectivity index is 1.60. The smallest absolute Gasteiger partial charge is 0.269 e. The largest absolute Gasteiger partial charge is 0.361 e. The zero-order valence-electron chi connectivity index (χ0n) is 12.0. The first-order chi connectivity index (χ1) is 11.1. The third-order valence-electron chi connectivity index (χ3n) is 3.33. The molecule has 0 atom stereocenters. The molecule has 0 fully saturated rings. The Kier molecular flexibility index (Phi) is 4.25. The van der Waals surface area contributed by atoms with E-state index in [0.717, 1.165) is 16.5 Å². The zero-order chi connectivity index (χ0) is 16.2. The number of carbonyl (C=O) groups is 2. The summed E-state index contributed by atoms with van der Waals surface area (Å²) in [5.41, 5.74) is 6.88. The average Bonchev–Trinajstić information content (AvgIpc) is 2.96. The summed E-state index contributed by atoms with van der Waals surface area (Å²) in [7, 11) is 0. The van der Waals surface area contributed by atoms with Crippen LogP contribution in [-0.4, -0.2) is 21.8 Å². The molecule has 0 radical (unpaired) electrons. The standard InChI is InChI=1S/C16H13ClN4O2/c17-14-7-10(5-6-18-14)16(23)21-20-15(22)8-11-9-19-13-4-2-1-3-12(11)13/h1-7,9,19H,8H2,(H,20,22)(H,21,23). The summed E-state index contributed by atoms with van der Waals surface area (Å²) >= 11 is 5.72. The molecule has 2 amide bonds. The first-order valence-corrected chi connectivity index (χ1v) is 7.27. The van der Waals surface area contributed by atoms with Crippen LogP contribution in [0.15, 0.2) is 48.8 Å². The van der Waals surface area contributed by atoms with Gasteiger partial charge in [-0.25, -0.2) is 4.98 Å². The van der Waals surface area contributed by atoms with Gasteiger partial charge in [-0.2, -0.15) is 0 Å². The minimum atomic E-state index is -0.457. The highest BCUT2D eigenvalue weighted by atomic mass is 35.5. The van der Waals surface area contributed by atoms with E-state index in [1.54, 1.807) is 6.20 Å². The van der Waals surface area contributed by atoms with Gasteiger partial charge in [0.25, 0.3) is 5.91 Å². The Hall–Kier alpha value is -2.86. The quantitative estimate of drug-likeness (QED) is 0.509. The molecular weight excluding hydrogens is 316 g/mol. The number of hydrogen-bond acceptors (Lipinski definition) is 3. The van der Waals surface area contributed by atoms with E-state index in [0.29, 0.717) is 5.56 Å². The highest BCUT2D eigenvalue weighted by Crippen LogP contribution is 2.17. The number of hydrazine groups is 1. The molecule has 0 bridgehead atoms. The van der Waals surface area contributed by atoms with Crippen molar-refractivity contribution < 1.29 is 9.59 Å². The van der Waals surface area contributed by atoms with E-state index >= 15 is 0 Å². The molecule has 7 heteroatoms. The first kappa shape index (κ1) is 15.1. The molecule has 0 aliphatic carbocycles. The molecule has 0 spiro atoms. The number of para-hydroxylation sites is 1. The minimum Gasteiger partial charge on any atom is -0.361 e. The Morgan fingerprint density at radius 3 is 2.83 bits per heavy atom. The lowest BCUT2D eigenvalue weighted by atomic mass is 10.1. The molecule has 1 aromatic carbocycles. The summed E-state index contributed by atoms with van der Waals surface area (Å²) < 4.78 is 0. The lowest BCUT2D eigenvalue weighted by molar-refractivity contribution is -0.121. The number of aromatic amines is 1. The molecule has 23 heavy (non-hydrogen) atoms. The van der Waals surface area contributed by atoms with E-state index in [9.17, 15) is 9.59 Å². The monoisotopic (exact) mass is 328 g/mol. The third-order valence-corrected chi connectivity index (χ3v) is 3.54. The van der Waals surface area contributed by atoms with Crippen molar-refractivity contribution in [3.05, 3.63) is 65.1 Å². The van der Waals surface area contributed by atoms with Gasteiger partial charge in [0, 0.05) is 28.9 Å². The van der Waals surface area contributed by atoms with Gasteiger partial charge < -0.3 is 4.98 Å². The van der Waals surface area contributed by atoms with Crippen LogP contribution < -0.4 is 10.9 Å². The Morgan fingerprint density at radius 1 is 1.17 bits per heavy atom. The fraction of sp³-hybridized carbons (Fsp3) is 0.0625. The number of pyridine rings is 1. The number of nitrogens with zero attached hydrogens (tertiary/aromatic N) is 1. The second-order valence-corrected chi connectivity index (χ2v) is 5.29. The topological polar surface area (TPSA) is 86.9 Å². The van der Waals surface area contributed by atoms with Gasteiger partial charge in [0.2, 0.25) is 5.91 Å². The maximum absolute atomic E-state index is 12.0. The van der Waals surface area contributed by atoms with Gasteiger partial charge in [-0.15, -0.1) is 0 Å². The number of carbonyl (C=O) groups excluding carboxylic acids is 2. The lowest BCUT2D eigenvalue weighted by Crippen LogP contribution is -2.42. The summed E-state index contributed by atoms with van der Waals surface area (Å²) in [5, 5.41) is 1.19. The fourth-order valence-corrected chi connectivity index (χ4v) is 2.41. The number of amides is 2. The van der Waals surface area contributed by atoms with Crippen molar-refractivity contribution in [2.24, 2.45) is 0 Å². The summed E-state index contributed by atoms with van der Waals surface area (Å²) in [5.74, 6) is -0.773. The number of hydrogen-bond donors (Lipinski definition) is 3. The number of rotatable bonds is 3. The van der Waals surface area contributed by atoms with Crippen LogP contribution in [0.3, 0.4) is 0 Å². The molecule has 116 valence electrons. The van der Waals surface area contributed by atoms with Crippen LogP contribution in [0.1, 0.15) is 15.9 Å². The van der Waals surface area contributed by atoms with Crippen LogP contribution in [0, 0.1) is 0 Å². The van der Waals surface area contributed by atoms with E-state index in [-0.39, 0.29) is 17.5 Å². The maximum atomic E-state index is 12.0. The van der Waals surface area contributed by atoms with Gasteiger partial charge in [-0.1, -0.05) is 29.8 Å². The lowest BCUT2D eigenvalue weighted by Gasteiger charge is -2.07. The number of halogens is 1. The van der Waals surface area contributed by atoms with Gasteiger partial charge in [0.1, 0.15) is 5.15 Å². The second kappa shape index (κ2) is 6.50. The Labute approximate surface area is 136 Å². The van der Waals surface area contributed by atoms with Gasteiger partial charge in [0.05, 0.1) is 6.42 Å². The molecule has 3 aromatic rings. The molecular formula is C16H13ClN4O2. The van der Waals surface area contributed by atoms with E-state index in [1.807, 2.05) is 24.3 Å². The average molecular weight is 329 g/mol. The predicted molar refractivity (Wildman–Crippen MR) is 86.9 cm³/mol. The van der Waals surface area contributed by atoms with Crippen molar-refractivity contribution >= 4 is 34.3 Å². The molecule has 2 aromatic heterocycles. The fourth-order valence-electron chi connectivity index (χ4n) is 2.24. The third kappa shape index (κ3) is 3.49. The second-order valence-electron chi connectivity index (χ2n) is 4.91. The van der Waals surface area contributed by atoms with Gasteiger partial charge in [-0.05, 0) is 23.8 Å². The molecule has 3 rings (SSSR count). The molecule has 6 nitrogen and oxygen atoms in total. The summed E-state index contributed by atoms with van der Waals surface area (Å²) in [6.45, 7) is 0. The van der Waals surface area contributed by atoms with E-state index in [4.69, 9.17) is 11.6 Å². The molecule has 0 aliphatic heterocycles. The van der Waals surface area contributed by atoms with Gasteiger partial charge >= 0.3 is 0 Å². The summed E-state index contributed by atoms with van der Waals surface area (Å²) in [4.78, 5) is 30.8. The van der Waals surface area contributed by atoms with Crippen LogP contribution in [-0.2, 0) is 11.2 Å². The Bertz CT molecular complexity index is 875. The van der Waals surface area contributed by atoms with Crippen LogP contribution in [0.25, 0.3) is 10.9 Å². The van der Waals surface area contributed by atoms with Crippen LogP contribution >= 0.6 is 11.6 Å². The maximum Gasteiger partial charge on any atom is 0.269 e. The summed E-state index contributed by atoms with van der Waals surface area (Å²) in [6, 6.07) is 10.6.